The molecule has 0 spiro atoms. The van der Waals surface area contributed by atoms with Crippen LogP contribution in [0.3, 0.4) is 0 Å². The summed E-state index contributed by atoms with van der Waals surface area (Å²) < 4.78 is 0. The molecule has 0 atom stereocenters. The molecule has 0 rings (SSSR count). The van der Waals surface area contributed by atoms with Crippen LogP contribution >= 0.6 is 33.8 Å². The minimum atomic E-state index is -2.12. The van der Waals surface area contributed by atoms with Crippen LogP contribution in [0.15, 0.2) is 11.8 Å². The number of halogens is 3. The van der Waals surface area contributed by atoms with Crippen molar-refractivity contribution < 1.29 is 0 Å². The zero-order chi connectivity index (χ0) is 7.49. The van der Waals surface area contributed by atoms with Gasteiger partial charge in [0.15, 0.2) is 0 Å². The van der Waals surface area contributed by atoms with E-state index in [-0.39, 0.29) is 0 Å². The number of rotatable bonds is 3. The Morgan fingerprint density at radius 2 is 2.00 bits per heavy atom. The van der Waals surface area contributed by atoms with Crippen molar-refractivity contribution >= 4 is 40.5 Å². The van der Waals surface area contributed by atoms with Crippen LogP contribution in [0.4, 0.5) is 0 Å². The standard InChI is InChI=1S/C5H9Cl3Si/c1-5(3-4-6)9(2,7)8/h1,3-4H2,2H3. The summed E-state index contributed by atoms with van der Waals surface area (Å²) in [4.78, 5) is 0. The number of hydrogen-bond donors (Lipinski definition) is 0. The zero-order valence-electron chi connectivity index (χ0n) is 5.26. The molecule has 0 unspecified atom stereocenters. The summed E-state index contributed by atoms with van der Waals surface area (Å²) in [6.07, 6.45) is 0.733. The van der Waals surface area contributed by atoms with E-state index in [2.05, 4.69) is 6.58 Å². The monoisotopic (exact) mass is 202 g/mol. The summed E-state index contributed by atoms with van der Waals surface area (Å²) in [5, 5.41) is 0.904. The van der Waals surface area contributed by atoms with Crippen molar-refractivity contribution in [3.05, 3.63) is 11.8 Å². The Balaban J connectivity index is 3.74. The molecule has 0 aliphatic heterocycles. The van der Waals surface area contributed by atoms with Crippen molar-refractivity contribution in [1.82, 2.24) is 0 Å². The third-order valence-corrected chi connectivity index (χ3v) is 4.30. The molecule has 0 radical (unpaired) electrons. The molecule has 0 saturated heterocycles. The predicted molar refractivity (Wildman–Crippen MR) is 47.8 cm³/mol. The Hall–Kier alpha value is 0.827. The molecule has 0 nitrogen and oxygen atoms in total. The van der Waals surface area contributed by atoms with Crippen LogP contribution in [0.2, 0.25) is 6.55 Å². The van der Waals surface area contributed by atoms with E-state index in [1.165, 1.54) is 0 Å². The first kappa shape index (κ1) is 9.83. The van der Waals surface area contributed by atoms with E-state index in [1.54, 1.807) is 0 Å². The lowest BCUT2D eigenvalue weighted by Crippen LogP contribution is -2.16. The minimum absolute atomic E-state index is 0.556. The van der Waals surface area contributed by atoms with Gasteiger partial charge in [-0.25, -0.2) is 0 Å². The fourth-order valence-corrected chi connectivity index (χ4v) is 1.85. The number of allylic oxidation sites excluding steroid dienone is 1. The summed E-state index contributed by atoms with van der Waals surface area (Å²) in [5.74, 6) is 0.556. The van der Waals surface area contributed by atoms with Gasteiger partial charge in [0.05, 0.1) is 0 Å². The third-order valence-electron chi connectivity index (χ3n) is 1.02. The normalized spacial score (nSPS) is 11.6. The molecule has 0 saturated carbocycles. The summed E-state index contributed by atoms with van der Waals surface area (Å²) in [6, 6.07) is 0. The van der Waals surface area contributed by atoms with Gasteiger partial charge in [0.1, 0.15) is 0 Å². The molecule has 0 amide bonds. The molecule has 54 valence electrons. The molecular weight excluding hydrogens is 194 g/mol. The van der Waals surface area contributed by atoms with E-state index in [0.29, 0.717) is 5.88 Å². The van der Waals surface area contributed by atoms with Gasteiger partial charge < -0.3 is 0 Å². The minimum Gasteiger partial charge on any atom is -0.140 e. The molecule has 0 heterocycles. The van der Waals surface area contributed by atoms with Gasteiger partial charge in [-0.3, -0.25) is 0 Å². The van der Waals surface area contributed by atoms with Gasteiger partial charge in [-0.1, -0.05) is 5.20 Å². The van der Waals surface area contributed by atoms with Crippen molar-refractivity contribution in [1.29, 1.82) is 0 Å². The molecule has 9 heavy (non-hydrogen) atoms. The van der Waals surface area contributed by atoms with Gasteiger partial charge >= 0.3 is 0 Å². The molecule has 0 aromatic heterocycles. The van der Waals surface area contributed by atoms with Crippen LogP contribution in [0.1, 0.15) is 6.42 Å². The number of hydrogen-bond acceptors (Lipinski definition) is 0. The Morgan fingerprint density at radius 1 is 1.56 bits per heavy atom. The van der Waals surface area contributed by atoms with Gasteiger partial charge in [-0.2, -0.15) is 0 Å². The highest BCUT2D eigenvalue weighted by molar-refractivity contribution is 7.47. The first-order valence-corrected chi connectivity index (χ1v) is 7.66. The van der Waals surface area contributed by atoms with Gasteiger partial charge in [-0.05, 0) is 13.0 Å². The molecule has 0 aromatic rings. The van der Waals surface area contributed by atoms with E-state index in [4.69, 9.17) is 33.8 Å². The fourth-order valence-electron chi connectivity index (χ4n) is 0.334. The average Bonchev–Trinajstić information content (AvgIpc) is 1.64. The lowest BCUT2D eigenvalue weighted by molar-refractivity contribution is 1.20. The van der Waals surface area contributed by atoms with Crippen molar-refractivity contribution in [3.8, 4) is 0 Å². The molecule has 0 fully saturated rings. The van der Waals surface area contributed by atoms with Gasteiger partial charge in [0, 0.05) is 5.88 Å². The highest BCUT2D eigenvalue weighted by atomic mass is 35.7. The van der Waals surface area contributed by atoms with Crippen molar-refractivity contribution in [3.63, 3.8) is 0 Å². The lowest BCUT2D eigenvalue weighted by atomic mass is 10.5. The maximum absolute atomic E-state index is 5.81. The molecule has 0 aromatic carbocycles. The van der Waals surface area contributed by atoms with Crippen molar-refractivity contribution in [2.45, 2.75) is 13.0 Å². The van der Waals surface area contributed by atoms with Gasteiger partial charge in [0.25, 0.3) is 6.69 Å². The van der Waals surface area contributed by atoms with Gasteiger partial charge in [0.2, 0.25) is 0 Å². The lowest BCUT2D eigenvalue weighted by Gasteiger charge is -2.11. The second kappa shape index (κ2) is 3.87. The smallest absolute Gasteiger partial charge is 0.140 e. The topological polar surface area (TPSA) is 0 Å². The van der Waals surface area contributed by atoms with E-state index >= 15 is 0 Å². The van der Waals surface area contributed by atoms with Crippen LogP contribution in [-0.2, 0) is 0 Å². The first-order valence-electron chi connectivity index (χ1n) is 2.60. The predicted octanol–water partition coefficient (Wildman–Crippen LogP) is 3.26. The summed E-state index contributed by atoms with van der Waals surface area (Å²) in [6.45, 7) is 3.44. The second-order valence-corrected chi connectivity index (χ2v) is 9.91. The van der Waals surface area contributed by atoms with Crippen LogP contribution in [0.5, 0.6) is 0 Å². The van der Waals surface area contributed by atoms with Crippen LogP contribution in [0, 0.1) is 0 Å². The molecule has 4 heteroatoms. The van der Waals surface area contributed by atoms with E-state index in [9.17, 15) is 0 Å². The van der Waals surface area contributed by atoms with Crippen LogP contribution in [0.25, 0.3) is 0 Å². The van der Waals surface area contributed by atoms with Crippen LogP contribution in [-0.4, -0.2) is 12.6 Å². The second-order valence-electron chi connectivity index (χ2n) is 1.93. The maximum Gasteiger partial charge on any atom is 0.273 e. The Bertz CT molecular complexity index is 105. The SMILES string of the molecule is C=C(CCCl)[Si](C)(Cl)Cl. The Kier molecular flexibility index (Phi) is 4.22. The molecular formula is C5H9Cl3Si. The van der Waals surface area contributed by atoms with E-state index in [0.717, 1.165) is 11.6 Å². The third kappa shape index (κ3) is 4.26. The fraction of sp³-hybridized carbons (Fsp3) is 0.600. The highest BCUT2D eigenvalue weighted by Crippen LogP contribution is 2.24. The summed E-state index contributed by atoms with van der Waals surface area (Å²) in [5.41, 5.74) is 0. The Labute approximate surface area is 71.2 Å². The average molecular weight is 204 g/mol. The van der Waals surface area contributed by atoms with E-state index < -0.39 is 6.69 Å². The highest BCUT2D eigenvalue weighted by Gasteiger charge is 2.23. The summed E-state index contributed by atoms with van der Waals surface area (Å²) >= 11 is 17.1. The number of alkyl halides is 1. The zero-order valence-corrected chi connectivity index (χ0v) is 8.52. The quantitative estimate of drug-likeness (QED) is 0.375. The van der Waals surface area contributed by atoms with Crippen molar-refractivity contribution in [2.24, 2.45) is 0 Å². The molecule has 0 aliphatic rings. The van der Waals surface area contributed by atoms with Gasteiger partial charge in [-0.15, -0.1) is 40.3 Å². The van der Waals surface area contributed by atoms with E-state index in [1.807, 2.05) is 6.55 Å². The first-order chi connectivity index (χ1) is 3.98. The Morgan fingerprint density at radius 3 is 2.11 bits per heavy atom. The molecule has 0 bridgehead atoms. The van der Waals surface area contributed by atoms with Crippen molar-refractivity contribution in [2.75, 3.05) is 5.88 Å². The maximum atomic E-state index is 5.81. The largest absolute Gasteiger partial charge is 0.273 e. The molecule has 0 N–H and O–H groups in total. The van der Waals surface area contributed by atoms with Crippen LogP contribution < -0.4 is 0 Å². The molecule has 0 aliphatic carbocycles. The summed E-state index contributed by atoms with van der Waals surface area (Å²) in [7, 11) is 0.